The molecular weight excluding hydrogens is 420 g/mol. The van der Waals surface area contributed by atoms with Crippen LogP contribution in [0, 0.1) is 0 Å². The Morgan fingerprint density at radius 3 is 2.36 bits per heavy atom. The molecule has 2 aromatic carbocycles. The topological polar surface area (TPSA) is 98.8 Å². The zero-order valence-corrected chi connectivity index (χ0v) is 18.6. The molecule has 2 aromatic rings. The largest absolute Gasteiger partial charge is 0.339 e. The number of urea groups is 1. The van der Waals surface area contributed by atoms with Crippen LogP contribution in [-0.2, 0) is 20.8 Å². The van der Waals surface area contributed by atoms with Crippen molar-refractivity contribution >= 4 is 23.8 Å². The van der Waals surface area contributed by atoms with Crippen molar-refractivity contribution in [3.63, 3.8) is 0 Å². The zero-order chi connectivity index (χ0) is 23.4. The number of hydrogen-bond acceptors (Lipinski definition) is 4. The monoisotopic (exact) mass is 448 g/mol. The fourth-order valence-electron chi connectivity index (χ4n) is 4.42. The fourth-order valence-corrected chi connectivity index (χ4v) is 4.42. The number of benzene rings is 2. The van der Waals surface area contributed by atoms with Gasteiger partial charge in [-0.25, -0.2) is 4.79 Å². The van der Waals surface area contributed by atoms with E-state index < -0.39 is 24.0 Å². The van der Waals surface area contributed by atoms with E-state index in [1.54, 1.807) is 9.80 Å². The van der Waals surface area contributed by atoms with Crippen LogP contribution in [-0.4, -0.2) is 65.3 Å². The van der Waals surface area contributed by atoms with E-state index in [9.17, 15) is 19.2 Å². The van der Waals surface area contributed by atoms with E-state index in [1.165, 1.54) is 0 Å². The van der Waals surface area contributed by atoms with Gasteiger partial charge in [-0.2, -0.15) is 0 Å². The first-order valence-electron chi connectivity index (χ1n) is 11.3. The van der Waals surface area contributed by atoms with Crippen LogP contribution < -0.4 is 10.6 Å². The molecule has 2 heterocycles. The molecule has 8 nitrogen and oxygen atoms in total. The predicted octanol–water partition coefficient (Wildman–Crippen LogP) is 1.94. The number of likely N-dealkylation sites (N-methyl/N-ethyl adjacent to an activating group) is 1. The predicted molar refractivity (Wildman–Crippen MR) is 123 cm³/mol. The van der Waals surface area contributed by atoms with Gasteiger partial charge < -0.3 is 15.1 Å². The molecule has 2 aliphatic heterocycles. The number of nitrogens with one attached hydrogen (secondary N) is 2. The summed E-state index contributed by atoms with van der Waals surface area (Å²) in [6.45, 7) is 3.33. The van der Waals surface area contributed by atoms with Crippen molar-refractivity contribution in [3.05, 3.63) is 60.2 Å². The summed E-state index contributed by atoms with van der Waals surface area (Å²) in [5.41, 5.74) is 3.14. The van der Waals surface area contributed by atoms with Gasteiger partial charge in [-0.1, -0.05) is 54.6 Å². The lowest BCUT2D eigenvalue weighted by molar-refractivity contribution is -0.152. The first-order valence-corrected chi connectivity index (χ1v) is 11.3. The normalized spacial score (nSPS) is 21.3. The molecule has 33 heavy (non-hydrogen) atoms. The molecule has 0 aromatic heterocycles. The van der Waals surface area contributed by atoms with Crippen LogP contribution >= 0.6 is 0 Å². The zero-order valence-electron chi connectivity index (χ0n) is 18.6. The minimum Gasteiger partial charge on any atom is -0.339 e. The molecule has 2 atom stereocenters. The smallest absolute Gasteiger partial charge is 0.322 e. The van der Waals surface area contributed by atoms with Gasteiger partial charge in [-0.15, -0.1) is 0 Å². The average Bonchev–Trinajstić information content (AvgIpc) is 3.00. The van der Waals surface area contributed by atoms with Crippen molar-refractivity contribution in [3.8, 4) is 11.1 Å². The second-order valence-corrected chi connectivity index (χ2v) is 8.35. The molecule has 4 rings (SSSR count). The van der Waals surface area contributed by atoms with E-state index in [2.05, 4.69) is 10.6 Å². The Bertz CT molecular complexity index is 1040. The molecule has 0 saturated carbocycles. The SMILES string of the molecule is CCN1CCN(C(=O)[C@@H]2CCC(=O)NC(=O)N2)[C@H](Cc2ccc(-c3ccccc3)cc2)C1=O. The third-order valence-corrected chi connectivity index (χ3v) is 6.26. The van der Waals surface area contributed by atoms with Crippen molar-refractivity contribution < 1.29 is 19.2 Å². The first kappa shape index (κ1) is 22.5. The molecule has 5 amide bonds. The number of piperazine rings is 1. The van der Waals surface area contributed by atoms with Crippen molar-refractivity contribution in [1.82, 2.24) is 20.4 Å². The van der Waals surface area contributed by atoms with Gasteiger partial charge in [0, 0.05) is 32.5 Å². The number of amides is 5. The van der Waals surface area contributed by atoms with E-state index in [1.807, 2.05) is 61.5 Å². The summed E-state index contributed by atoms with van der Waals surface area (Å²) in [7, 11) is 0. The van der Waals surface area contributed by atoms with Crippen molar-refractivity contribution in [2.45, 2.75) is 38.3 Å². The van der Waals surface area contributed by atoms with Gasteiger partial charge in [-0.05, 0) is 30.0 Å². The van der Waals surface area contributed by atoms with Crippen LogP contribution in [0.5, 0.6) is 0 Å². The number of imide groups is 1. The lowest BCUT2D eigenvalue weighted by atomic mass is 9.97. The van der Waals surface area contributed by atoms with Crippen LogP contribution in [0.4, 0.5) is 4.79 Å². The summed E-state index contributed by atoms with van der Waals surface area (Å²) >= 11 is 0. The van der Waals surface area contributed by atoms with Gasteiger partial charge in [0.25, 0.3) is 0 Å². The van der Waals surface area contributed by atoms with Gasteiger partial charge in [-0.3, -0.25) is 19.7 Å². The number of nitrogens with zero attached hydrogens (tertiary/aromatic N) is 2. The second-order valence-electron chi connectivity index (χ2n) is 8.35. The summed E-state index contributed by atoms with van der Waals surface area (Å²) in [5.74, 6) is -0.835. The van der Waals surface area contributed by atoms with Crippen LogP contribution in [0.25, 0.3) is 11.1 Å². The number of rotatable bonds is 5. The molecule has 0 radical (unpaired) electrons. The minimum atomic E-state index is -0.833. The van der Waals surface area contributed by atoms with Crippen LogP contribution in [0.15, 0.2) is 54.6 Å². The third kappa shape index (κ3) is 5.05. The molecule has 0 bridgehead atoms. The molecule has 0 spiro atoms. The molecule has 2 aliphatic rings. The molecule has 2 saturated heterocycles. The van der Waals surface area contributed by atoms with E-state index in [0.717, 1.165) is 16.7 Å². The molecule has 0 unspecified atom stereocenters. The molecule has 8 heteroatoms. The van der Waals surface area contributed by atoms with Crippen LogP contribution in [0.3, 0.4) is 0 Å². The third-order valence-electron chi connectivity index (χ3n) is 6.26. The lowest BCUT2D eigenvalue weighted by Gasteiger charge is -2.41. The number of hydrogen-bond donors (Lipinski definition) is 2. The van der Waals surface area contributed by atoms with Crippen molar-refractivity contribution in [1.29, 1.82) is 0 Å². The number of carbonyl (C=O) groups excluding carboxylic acids is 4. The Morgan fingerprint density at radius 2 is 1.67 bits per heavy atom. The summed E-state index contributed by atoms with van der Waals surface area (Å²) in [6, 6.07) is 15.9. The van der Waals surface area contributed by atoms with Gasteiger partial charge in [0.2, 0.25) is 17.7 Å². The van der Waals surface area contributed by atoms with Gasteiger partial charge >= 0.3 is 6.03 Å². The summed E-state index contributed by atoms with van der Waals surface area (Å²) in [6.07, 6.45) is 0.661. The molecule has 2 fully saturated rings. The maximum absolute atomic E-state index is 13.3. The van der Waals surface area contributed by atoms with E-state index in [4.69, 9.17) is 0 Å². The Hall–Kier alpha value is -3.68. The molecule has 2 N–H and O–H groups in total. The van der Waals surface area contributed by atoms with Crippen LogP contribution in [0.1, 0.15) is 25.3 Å². The van der Waals surface area contributed by atoms with E-state index >= 15 is 0 Å². The summed E-state index contributed by atoms with van der Waals surface area (Å²) in [4.78, 5) is 53.4. The average molecular weight is 449 g/mol. The van der Waals surface area contributed by atoms with Gasteiger partial charge in [0.1, 0.15) is 12.1 Å². The molecule has 0 aliphatic carbocycles. The second kappa shape index (κ2) is 9.85. The van der Waals surface area contributed by atoms with Gasteiger partial charge in [0.05, 0.1) is 0 Å². The standard InChI is InChI=1S/C25H28N4O4/c1-2-28-14-15-29(23(31)20-12-13-22(30)27-25(33)26-20)21(24(28)32)16-17-8-10-19(11-9-17)18-6-4-3-5-7-18/h3-11,20-21H,2,12-16H2,1H3,(H2,26,27,30,33)/t20-,21+/m0/s1. The van der Waals surface area contributed by atoms with E-state index in [-0.39, 0.29) is 24.7 Å². The minimum absolute atomic E-state index is 0.0730. The van der Waals surface area contributed by atoms with Crippen molar-refractivity contribution in [2.24, 2.45) is 0 Å². The Balaban J connectivity index is 1.54. The Morgan fingerprint density at radius 1 is 0.970 bits per heavy atom. The van der Waals surface area contributed by atoms with E-state index in [0.29, 0.717) is 26.1 Å². The highest BCUT2D eigenvalue weighted by molar-refractivity contribution is 5.99. The van der Waals surface area contributed by atoms with Crippen molar-refractivity contribution in [2.75, 3.05) is 19.6 Å². The molecule has 172 valence electrons. The number of carbonyl (C=O) groups is 4. The van der Waals surface area contributed by atoms with Crippen LogP contribution in [0.2, 0.25) is 0 Å². The highest BCUT2D eigenvalue weighted by Crippen LogP contribution is 2.23. The lowest BCUT2D eigenvalue weighted by Crippen LogP contribution is -2.62. The maximum atomic E-state index is 13.3. The highest BCUT2D eigenvalue weighted by atomic mass is 16.2. The molecular formula is C25H28N4O4. The Labute approximate surface area is 192 Å². The first-order chi connectivity index (χ1) is 16.0. The van der Waals surface area contributed by atoms with Gasteiger partial charge in [0.15, 0.2) is 0 Å². The Kier molecular flexibility index (Phi) is 6.72. The summed E-state index contributed by atoms with van der Waals surface area (Å²) < 4.78 is 0. The summed E-state index contributed by atoms with van der Waals surface area (Å²) in [5, 5.41) is 4.76. The quantitative estimate of drug-likeness (QED) is 0.730. The highest BCUT2D eigenvalue weighted by Gasteiger charge is 2.40. The maximum Gasteiger partial charge on any atom is 0.322 e. The fraction of sp³-hybridized carbons (Fsp3) is 0.360.